The molecule has 3 aromatic rings. The molecule has 47 heavy (non-hydrogen) atoms. The first kappa shape index (κ1) is 35.2. The summed E-state index contributed by atoms with van der Waals surface area (Å²) in [7, 11) is 0. The van der Waals surface area contributed by atoms with Crippen molar-refractivity contribution < 1.29 is 41.4 Å². The van der Waals surface area contributed by atoms with E-state index in [0.717, 1.165) is 24.1 Å². The van der Waals surface area contributed by atoms with E-state index in [1.165, 1.54) is 24.3 Å². The number of aromatic amines is 1. The molecule has 0 unspecified atom stereocenters. The van der Waals surface area contributed by atoms with E-state index < -0.39 is 29.4 Å². The van der Waals surface area contributed by atoms with E-state index in [4.69, 9.17) is 9.90 Å². The Morgan fingerprint density at radius 2 is 1.53 bits per heavy atom. The summed E-state index contributed by atoms with van der Waals surface area (Å²) in [6, 6.07) is 10.6. The normalized spacial score (nSPS) is 18.0. The van der Waals surface area contributed by atoms with Crippen molar-refractivity contribution in [2.75, 3.05) is 32.7 Å². The van der Waals surface area contributed by atoms with Gasteiger partial charge in [-0.3, -0.25) is 14.4 Å². The van der Waals surface area contributed by atoms with Crippen LogP contribution in [0.4, 0.5) is 22.0 Å². The fraction of sp³-hybridized carbons (Fsp3) is 0.406. The van der Waals surface area contributed by atoms with Crippen molar-refractivity contribution >= 4 is 17.8 Å². The minimum absolute atomic E-state index is 0.0198. The molecular formula is C32H34F5N5O5. The number of benzene rings is 2. The number of aromatic nitrogens is 2. The third-order valence-electron chi connectivity index (χ3n) is 8.43. The lowest BCUT2D eigenvalue weighted by molar-refractivity contribution is -0.192. The number of rotatable bonds is 6. The zero-order chi connectivity index (χ0) is 34.5. The second-order valence-corrected chi connectivity index (χ2v) is 11.5. The molecule has 2 amide bonds. The number of hydrogen-bond acceptors (Lipinski definition) is 6. The maximum Gasteiger partial charge on any atom is 0.490 e. The molecule has 15 heteroatoms. The van der Waals surface area contributed by atoms with Gasteiger partial charge in [-0.05, 0) is 80.6 Å². The Labute approximate surface area is 266 Å². The Kier molecular flexibility index (Phi) is 10.8. The molecule has 252 valence electrons. The number of halogens is 5. The first-order valence-electron chi connectivity index (χ1n) is 14.8. The Bertz CT molecular complexity index is 1680. The van der Waals surface area contributed by atoms with Crippen molar-refractivity contribution in [2.45, 2.75) is 51.2 Å². The molecule has 2 aliphatic heterocycles. The Hall–Kier alpha value is -4.66. The SMILES string of the molecule is Cc1c(Cc2ccc(F)c(C(=O)N3CCN(C(=O)[C@]4(Cc5ccc(F)cc5)CCCN4)CC3)c2)n[nH]c(=O)c1C.O=C(O)C(F)(F)F. The summed E-state index contributed by atoms with van der Waals surface area (Å²) in [6.45, 7) is 5.54. The molecular weight excluding hydrogens is 629 g/mol. The summed E-state index contributed by atoms with van der Waals surface area (Å²) >= 11 is 0. The summed E-state index contributed by atoms with van der Waals surface area (Å²) in [5, 5.41) is 17.1. The number of H-pyrrole nitrogens is 1. The predicted octanol–water partition coefficient (Wildman–Crippen LogP) is 3.54. The Morgan fingerprint density at radius 1 is 0.936 bits per heavy atom. The van der Waals surface area contributed by atoms with E-state index in [2.05, 4.69) is 15.5 Å². The van der Waals surface area contributed by atoms with Gasteiger partial charge in [0.1, 0.15) is 17.2 Å². The average Bonchev–Trinajstić information content (AvgIpc) is 3.52. The van der Waals surface area contributed by atoms with Crippen LogP contribution in [-0.4, -0.2) is 87.3 Å². The zero-order valence-corrected chi connectivity index (χ0v) is 25.7. The van der Waals surface area contributed by atoms with Crippen molar-refractivity contribution in [1.29, 1.82) is 0 Å². The molecule has 3 heterocycles. The second kappa shape index (κ2) is 14.4. The summed E-state index contributed by atoms with van der Waals surface area (Å²) < 4.78 is 59.9. The van der Waals surface area contributed by atoms with Crippen molar-refractivity contribution in [3.63, 3.8) is 0 Å². The van der Waals surface area contributed by atoms with Gasteiger partial charge in [0.15, 0.2) is 0 Å². The first-order valence-corrected chi connectivity index (χ1v) is 14.8. The number of carbonyl (C=O) groups is 3. The van der Waals surface area contributed by atoms with Crippen molar-refractivity contribution in [2.24, 2.45) is 0 Å². The molecule has 1 aromatic heterocycles. The fourth-order valence-electron chi connectivity index (χ4n) is 5.64. The predicted molar refractivity (Wildman–Crippen MR) is 160 cm³/mol. The molecule has 10 nitrogen and oxygen atoms in total. The number of carboxylic acid groups (broad SMARTS) is 1. The molecule has 5 rings (SSSR count). The lowest BCUT2D eigenvalue weighted by atomic mass is 9.87. The van der Waals surface area contributed by atoms with Crippen LogP contribution in [0.1, 0.15) is 51.1 Å². The first-order chi connectivity index (χ1) is 22.1. The van der Waals surface area contributed by atoms with Crippen LogP contribution in [0.15, 0.2) is 47.3 Å². The number of nitrogens with one attached hydrogen (secondary N) is 2. The third kappa shape index (κ3) is 8.39. The molecule has 2 aliphatic rings. The average molecular weight is 664 g/mol. The zero-order valence-electron chi connectivity index (χ0n) is 25.7. The number of aliphatic carboxylic acids is 1. The molecule has 3 N–H and O–H groups in total. The van der Waals surface area contributed by atoms with Crippen LogP contribution in [0.5, 0.6) is 0 Å². The highest BCUT2D eigenvalue weighted by Crippen LogP contribution is 2.28. The van der Waals surface area contributed by atoms with Crippen molar-refractivity contribution in [3.05, 3.63) is 98.0 Å². The van der Waals surface area contributed by atoms with Gasteiger partial charge in [-0.25, -0.2) is 18.7 Å². The molecule has 0 bridgehead atoms. The minimum atomic E-state index is -5.08. The van der Waals surface area contributed by atoms with Gasteiger partial charge < -0.3 is 20.2 Å². The van der Waals surface area contributed by atoms with E-state index in [9.17, 15) is 36.3 Å². The fourth-order valence-corrected chi connectivity index (χ4v) is 5.64. The molecule has 0 spiro atoms. The Morgan fingerprint density at radius 3 is 2.11 bits per heavy atom. The van der Waals surface area contributed by atoms with Crippen LogP contribution < -0.4 is 10.9 Å². The number of carboxylic acids is 1. The Balaban J connectivity index is 0.000000644. The van der Waals surface area contributed by atoms with Gasteiger partial charge in [0.05, 0.1) is 11.3 Å². The monoisotopic (exact) mass is 663 g/mol. The maximum absolute atomic E-state index is 14.8. The topological polar surface area (TPSA) is 136 Å². The summed E-state index contributed by atoms with van der Waals surface area (Å²) in [5.74, 6) is -4.12. The minimum Gasteiger partial charge on any atom is -0.475 e. The van der Waals surface area contributed by atoms with Crippen LogP contribution in [0, 0.1) is 25.5 Å². The highest BCUT2D eigenvalue weighted by Gasteiger charge is 2.44. The van der Waals surface area contributed by atoms with Crippen molar-refractivity contribution in [1.82, 2.24) is 25.3 Å². The van der Waals surface area contributed by atoms with E-state index in [-0.39, 0.29) is 22.8 Å². The summed E-state index contributed by atoms with van der Waals surface area (Å²) in [5.41, 5.74) is 2.55. The number of alkyl halides is 3. The molecule has 0 aliphatic carbocycles. The lowest BCUT2D eigenvalue weighted by Crippen LogP contribution is -2.60. The molecule has 0 saturated carbocycles. The van der Waals surface area contributed by atoms with Crippen LogP contribution >= 0.6 is 0 Å². The van der Waals surface area contributed by atoms with Crippen LogP contribution in [0.25, 0.3) is 0 Å². The van der Waals surface area contributed by atoms with Crippen molar-refractivity contribution in [3.8, 4) is 0 Å². The standard InChI is InChI=1S/C30H33F2N5O3.C2HF3O2/c1-19-20(2)27(38)35-34-26(19)17-22-6-9-25(32)24(16-22)28(39)36-12-14-37(15-13-36)29(40)30(10-3-11-33-30)18-21-4-7-23(31)8-5-21;3-2(4,5)1(6)7/h4-9,16,33H,3,10-15,17-18H2,1-2H3,(H,35,38);(H,6,7)/t30-;/m1./s1. The maximum atomic E-state index is 14.8. The number of piperazine rings is 1. The number of hydrogen-bond donors (Lipinski definition) is 3. The largest absolute Gasteiger partial charge is 0.490 e. The van der Waals surface area contributed by atoms with Gasteiger partial charge in [0, 0.05) is 38.2 Å². The summed E-state index contributed by atoms with van der Waals surface area (Å²) in [6.07, 6.45) is -2.72. The molecule has 2 saturated heterocycles. The third-order valence-corrected chi connectivity index (χ3v) is 8.43. The quantitative estimate of drug-likeness (QED) is 0.344. The van der Waals surface area contributed by atoms with Gasteiger partial charge in [-0.1, -0.05) is 18.2 Å². The smallest absolute Gasteiger partial charge is 0.475 e. The van der Waals surface area contributed by atoms with Crippen LogP contribution in [0.2, 0.25) is 0 Å². The molecule has 2 fully saturated rings. The van der Waals surface area contributed by atoms with E-state index in [1.54, 1.807) is 34.9 Å². The highest BCUT2D eigenvalue weighted by molar-refractivity contribution is 5.95. The molecule has 0 radical (unpaired) electrons. The van der Waals surface area contributed by atoms with Gasteiger partial charge in [0.2, 0.25) is 5.91 Å². The van der Waals surface area contributed by atoms with Gasteiger partial charge >= 0.3 is 12.1 Å². The van der Waals surface area contributed by atoms with Gasteiger partial charge in [-0.15, -0.1) is 0 Å². The van der Waals surface area contributed by atoms with Crippen LogP contribution in [0.3, 0.4) is 0 Å². The number of amides is 2. The highest BCUT2D eigenvalue weighted by atomic mass is 19.4. The van der Waals surface area contributed by atoms with Gasteiger partial charge in [0.25, 0.3) is 11.5 Å². The number of carbonyl (C=O) groups excluding carboxylic acids is 2. The van der Waals surface area contributed by atoms with E-state index in [0.29, 0.717) is 62.3 Å². The number of nitrogens with zero attached hydrogens (tertiary/aromatic N) is 3. The molecule has 2 aromatic carbocycles. The van der Waals surface area contributed by atoms with E-state index in [1.807, 2.05) is 6.92 Å². The lowest BCUT2D eigenvalue weighted by Gasteiger charge is -2.40. The van der Waals surface area contributed by atoms with Crippen LogP contribution in [-0.2, 0) is 22.4 Å². The second-order valence-electron chi connectivity index (χ2n) is 11.5. The van der Waals surface area contributed by atoms with Gasteiger partial charge in [-0.2, -0.15) is 18.3 Å². The summed E-state index contributed by atoms with van der Waals surface area (Å²) in [4.78, 5) is 51.1. The van der Waals surface area contributed by atoms with E-state index >= 15 is 0 Å². The molecule has 1 atom stereocenters.